The number of ether oxygens (including phenoxy) is 2. The lowest BCUT2D eigenvalue weighted by molar-refractivity contribution is 0.174. The first kappa shape index (κ1) is 10.8. The highest BCUT2D eigenvalue weighted by Crippen LogP contribution is 2.34. The van der Waals surface area contributed by atoms with Gasteiger partial charge in [-0.1, -0.05) is 12.1 Å². The van der Waals surface area contributed by atoms with E-state index in [0.29, 0.717) is 6.79 Å². The van der Waals surface area contributed by atoms with Crippen molar-refractivity contribution in [3.63, 3.8) is 0 Å². The van der Waals surface area contributed by atoms with Crippen LogP contribution in [0.5, 0.6) is 11.5 Å². The van der Waals surface area contributed by atoms with Crippen molar-refractivity contribution in [3.8, 4) is 11.5 Å². The van der Waals surface area contributed by atoms with Crippen molar-refractivity contribution >= 4 is 11.4 Å². The van der Waals surface area contributed by atoms with Crippen LogP contribution in [0, 0.1) is 0 Å². The first-order valence-electron chi connectivity index (χ1n) is 5.79. The van der Waals surface area contributed by atoms with Crippen molar-refractivity contribution < 1.29 is 9.47 Å². The predicted molar refractivity (Wildman–Crippen MR) is 70.7 cm³/mol. The molecule has 1 heterocycles. The summed E-state index contributed by atoms with van der Waals surface area (Å²) in [6.45, 7) is 1.03. The third-order valence-electron chi connectivity index (χ3n) is 2.82. The van der Waals surface area contributed by atoms with E-state index in [-0.39, 0.29) is 0 Å². The molecule has 0 unspecified atom stereocenters. The molecule has 0 atom stereocenters. The fourth-order valence-electron chi connectivity index (χ4n) is 1.91. The van der Waals surface area contributed by atoms with Gasteiger partial charge in [-0.15, -0.1) is 0 Å². The van der Waals surface area contributed by atoms with Crippen LogP contribution in [0.25, 0.3) is 0 Å². The Hall–Kier alpha value is -2.36. The van der Waals surface area contributed by atoms with Crippen LogP contribution in [0.4, 0.5) is 11.4 Å². The maximum atomic E-state index is 5.74. The summed E-state index contributed by atoms with van der Waals surface area (Å²) in [6.07, 6.45) is 0. The Morgan fingerprint density at radius 3 is 2.83 bits per heavy atom. The van der Waals surface area contributed by atoms with Gasteiger partial charge in [-0.25, -0.2) is 0 Å². The molecular weight excluding hydrogens is 228 g/mol. The average Bonchev–Trinajstić information content (AvgIpc) is 2.84. The molecule has 92 valence electrons. The molecule has 0 bridgehead atoms. The number of fused-ring (bicyclic) bond motifs is 1. The fourth-order valence-corrected chi connectivity index (χ4v) is 1.91. The van der Waals surface area contributed by atoms with Crippen molar-refractivity contribution in [3.05, 3.63) is 48.0 Å². The van der Waals surface area contributed by atoms with Crippen LogP contribution in [0.15, 0.2) is 42.5 Å². The lowest BCUT2D eigenvalue weighted by atomic mass is 10.2. The topological polar surface area (TPSA) is 56.5 Å². The second-order valence-electron chi connectivity index (χ2n) is 4.17. The number of nitrogens with one attached hydrogen (secondary N) is 1. The Morgan fingerprint density at radius 2 is 1.94 bits per heavy atom. The van der Waals surface area contributed by atoms with E-state index in [9.17, 15) is 0 Å². The second-order valence-corrected chi connectivity index (χ2v) is 4.17. The number of nitrogens with two attached hydrogens (primary N) is 1. The van der Waals surface area contributed by atoms with Gasteiger partial charge in [-0.2, -0.15) is 0 Å². The van der Waals surface area contributed by atoms with Crippen molar-refractivity contribution in [2.45, 2.75) is 6.54 Å². The van der Waals surface area contributed by atoms with Crippen molar-refractivity contribution in [2.75, 3.05) is 17.8 Å². The quantitative estimate of drug-likeness (QED) is 0.812. The highest BCUT2D eigenvalue weighted by atomic mass is 16.7. The molecule has 18 heavy (non-hydrogen) atoms. The number of hydrogen-bond donors (Lipinski definition) is 2. The highest BCUT2D eigenvalue weighted by Gasteiger charge is 2.12. The molecular formula is C14H14N2O2. The molecule has 0 saturated carbocycles. The van der Waals surface area contributed by atoms with Gasteiger partial charge in [-0.05, 0) is 29.8 Å². The minimum atomic E-state index is 0.300. The Labute approximate surface area is 105 Å². The largest absolute Gasteiger partial charge is 0.454 e. The molecule has 0 aromatic heterocycles. The fraction of sp³-hybridized carbons (Fsp3) is 0.143. The minimum absolute atomic E-state index is 0.300. The van der Waals surface area contributed by atoms with E-state index in [4.69, 9.17) is 15.2 Å². The summed E-state index contributed by atoms with van der Waals surface area (Å²) >= 11 is 0. The normalized spacial score (nSPS) is 12.4. The molecule has 0 spiro atoms. The minimum Gasteiger partial charge on any atom is -0.454 e. The maximum absolute atomic E-state index is 5.74. The third kappa shape index (κ3) is 2.18. The van der Waals surface area contributed by atoms with Gasteiger partial charge in [0.15, 0.2) is 11.5 Å². The first-order valence-corrected chi connectivity index (χ1v) is 5.79. The van der Waals surface area contributed by atoms with Gasteiger partial charge in [-0.3, -0.25) is 0 Å². The first-order chi connectivity index (χ1) is 8.81. The second kappa shape index (κ2) is 4.49. The van der Waals surface area contributed by atoms with Crippen LogP contribution < -0.4 is 20.5 Å². The van der Waals surface area contributed by atoms with Gasteiger partial charge in [0.2, 0.25) is 6.79 Å². The molecule has 0 aliphatic carbocycles. The maximum Gasteiger partial charge on any atom is 0.231 e. The van der Waals surface area contributed by atoms with Crippen molar-refractivity contribution in [2.24, 2.45) is 0 Å². The molecule has 3 N–H and O–H groups in total. The van der Waals surface area contributed by atoms with Gasteiger partial charge in [0.05, 0.1) is 0 Å². The molecule has 0 amide bonds. The molecule has 4 heteroatoms. The van der Waals surface area contributed by atoms with Crippen LogP contribution in [-0.4, -0.2) is 6.79 Å². The lowest BCUT2D eigenvalue weighted by Crippen LogP contribution is -1.99. The average molecular weight is 242 g/mol. The summed E-state index contributed by atoms with van der Waals surface area (Å²) < 4.78 is 10.6. The number of nitrogen functional groups attached to an aromatic ring is 1. The van der Waals surface area contributed by atoms with E-state index in [1.54, 1.807) is 0 Å². The molecule has 2 aromatic carbocycles. The summed E-state index contributed by atoms with van der Waals surface area (Å²) in [5.41, 5.74) is 8.66. The Morgan fingerprint density at radius 1 is 1.06 bits per heavy atom. The third-order valence-corrected chi connectivity index (χ3v) is 2.82. The summed E-state index contributed by atoms with van der Waals surface area (Å²) in [7, 11) is 0. The number of anilines is 2. The zero-order valence-electron chi connectivity index (χ0n) is 9.85. The van der Waals surface area contributed by atoms with E-state index in [1.165, 1.54) is 0 Å². The molecule has 0 radical (unpaired) electrons. The van der Waals surface area contributed by atoms with Crippen LogP contribution >= 0.6 is 0 Å². The van der Waals surface area contributed by atoms with E-state index in [0.717, 1.165) is 35.0 Å². The van der Waals surface area contributed by atoms with Crippen LogP contribution in [0.3, 0.4) is 0 Å². The number of hydrogen-bond acceptors (Lipinski definition) is 4. The highest BCUT2D eigenvalue weighted by molar-refractivity contribution is 5.56. The van der Waals surface area contributed by atoms with Crippen LogP contribution in [0.2, 0.25) is 0 Å². The SMILES string of the molecule is Nc1cccc(CNc2ccc3c(c2)OCO3)c1. The van der Waals surface area contributed by atoms with Crippen LogP contribution in [-0.2, 0) is 6.54 Å². The monoisotopic (exact) mass is 242 g/mol. The van der Waals surface area contributed by atoms with E-state index >= 15 is 0 Å². The molecule has 0 saturated heterocycles. The summed E-state index contributed by atoms with van der Waals surface area (Å²) in [5, 5.41) is 3.33. The summed E-state index contributed by atoms with van der Waals surface area (Å²) in [5.74, 6) is 1.58. The predicted octanol–water partition coefficient (Wildman–Crippen LogP) is 2.61. The van der Waals surface area contributed by atoms with Crippen LogP contribution in [0.1, 0.15) is 5.56 Å². The Balaban J connectivity index is 1.70. The standard InChI is InChI=1S/C14H14N2O2/c15-11-3-1-2-10(6-11)8-16-12-4-5-13-14(7-12)18-9-17-13/h1-7,16H,8-9,15H2. The van der Waals surface area contributed by atoms with Gasteiger partial charge in [0.25, 0.3) is 0 Å². The van der Waals surface area contributed by atoms with Crippen molar-refractivity contribution in [1.29, 1.82) is 0 Å². The smallest absolute Gasteiger partial charge is 0.231 e. The van der Waals surface area contributed by atoms with Crippen molar-refractivity contribution in [1.82, 2.24) is 0 Å². The van der Waals surface area contributed by atoms with Gasteiger partial charge >= 0.3 is 0 Å². The zero-order chi connectivity index (χ0) is 12.4. The Kier molecular flexibility index (Phi) is 2.68. The molecule has 2 aromatic rings. The van der Waals surface area contributed by atoms with Gasteiger partial charge < -0.3 is 20.5 Å². The molecule has 0 fully saturated rings. The zero-order valence-corrected chi connectivity index (χ0v) is 9.85. The van der Waals surface area contributed by atoms with E-state index in [1.807, 2.05) is 42.5 Å². The Bertz CT molecular complexity index is 569. The number of benzene rings is 2. The van der Waals surface area contributed by atoms with Gasteiger partial charge in [0, 0.05) is 24.0 Å². The molecule has 1 aliphatic rings. The van der Waals surface area contributed by atoms with Gasteiger partial charge in [0.1, 0.15) is 0 Å². The molecule has 4 nitrogen and oxygen atoms in total. The van der Waals surface area contributed by atoms with E-state index in [2.05, 4.69) is 5.32 Å². The summed E-state index contributed by atoms with van der Waals surface area (Å²) in [4.78, 5) is 0. The molecule has 1 aliphatic heterocycles. The van der Waals surface area contributed by atoms with E-state index < -0.39 is 0 Å². The summed E-state index contributed by atoms with van der Waals surface area (Å²) in [6, 6.07) is 13.6. The number of rotatable bonds is 3. The lowest BCUT2D eigenvalue weighted by Gasteiger charge is -2.07. The molecule has 3 rings (SSSR count).